The van der Waals surface area contributed by atoms with E-state index >= 15 is 0 Å². The van der Waals surface area contributed by atoms with Crippen molar-refractivity contribution in [3.05, 3.63) is 35.9 Å². The fourth-order valence-electron chi connectivity index (χ4n) is 3.13. The SMILES string of the molecule is C=Cc1cccc2c1O[C@]1(C)NC(=S)N[C@@H]2[C@H]1C(=O)OCC. The van der Waals surface area contributed by atoms with Crippen LogP contribution >= 0.6 is 12.2 Å². The zero-order chi connectivity index (χ0) is 15.9. The lowest BCUT2D eigenvalue weighted by atomic mass is 9.80. The molecule has 1 saturated heterocycles. The minimum Gasteiger partial charge on any atom is -0.466 e. The summed E-state index contributed by atoms with van der Waals surface area (Å²) in [5.41, 5.74) is 0.815. The normalized spacial score (nSPS) is 28.5. The van der Waals surface area contributed by atoms with Gasteiger partial charge in [-0.3, -0.25) is 4.79 Å². The number of para-hydroxylation sites is 1. The van der Waals surface area contributed by atoms with Crippen LogP contribution in [0.1, 0.15) is 31.0 Å². The molecule has 2 aliphatic heterocycles. The van der Waals surface area contributed by atoms with Gasteiger partial charge in [-0.2, -0.15) is 0 Å². The van der Waals surface area contributed by atoms with Gasteiger partial charge in [0.15, 0.2) is 10.8 Å². The summed E-state index contributed by atoms with van der Waals surface area (Å²) in [6.07, 6.45) is 1.74. The van der Waals surface area contributed by atoms with Gasteiger partial charge in [-0.05, 0) is 26.1 Å². The Hall–Kier alpha value is -2.08. The third kappa shape index (κ3) is 2.14. The first-order chi connectivity index (χ1) is 10.5. The van der Waals surface area contributed by atoms with E-state index in [4.69, 9.17) is 21.7 Å². The Balaban J connectivity index is 2.14. The molecule has 1 aromatic carbocycles. The summed E-state index contributed by atoms with van der Waals surface area (Å²) in [4.78, 5) is 12.4. The highest BCUT2D eigenvalue weighted by molar-refractivity contribution is 7.80. The smallest absolute Gasteiger partial charge is 0.317 e. The molecule has 2 aliphatic rings. The zero-order valence-electron chi connectivity index (χ0n) is 12.5. The van der Waals surface area contributed by atoms with Crippen molar-refractivity contribution in [1.82, 2.24) is 10.6 Å². The van der Waals surface area contributed by atoms with E-state index in [2.05, 4.69) is 17.2 Å². The van der Waals surface area contributed by atoms with Crippen LogP contribution in [-0.2, 0) is 9.53 Å². The summed E-state index contributed by atoms with van der Waals surface area (Å²) < 4.78 is 11.4. The number of hydrogen-bond acceptors (Lipinski definition) is 4. The van der Waals surface area contributed by atoms with Crippen LogP contribution in [0.5, 0.6) is 5.75 Å². The van der Waals surface area contributed by atoms with Gasteiger partial charge in [0.1, 0.15) is 11.7 Å². The van der Waals surface area contributed by atoms with Gasteiger partial charge < -0.3 is 20.1 Å². The van der Waals surface area contributed by atoms with Gasteiger partial charge in [-0.15, -0.1) is 0 Å². The number of carbonyl (C=O) groups excluding carboxylic acids is 1. The van der Waals surface area contributed by atoms with Crippen molar-refractivity contribution >= 4 is 29.4 Å². The summed E-state index contributed by atoms with van der Waals surface area (Å²) in [6.45, 7) is 7.74. The van der Waals surface area contributed by atoms with Crippen molar-refractivity contribution < 1.29 is 14.3 Å². The second-order valence-corrected chi connectivity index (χ2v) is 5.89. The molecule has 0 aliphatic carbocycles. The maximum absolute atomic E-state index is 12.4. The molecular formula is C16H18N2O3S. The van der Waals surface area contributed by atoms with Crippen molar-refractivity contribution in [3.63, 3.8) is 0 Å². The van der Waals surface area contributed by atoms with E-state index in [-0.39, 0.29) is 12.0 Å². The van der Waals surface area contributed by atoms with E-state index in [1.165, 1.54) is 0 Å². The van der Waals surface area contributed by atoms with Gasteiger partial charge in [0, 0.05) is 11.1 Å². The molecule has 2 N–H and O–H groups in total. The van der Waals surface area contributed by atoms with Gasteiger partial charge >= 0.3 is 5.97 Å². The number of hydrogen-bond donors (Lipinski definition) is 2. The Morgan fingerprint density at radius 2 is 2.36 bits per heavy atom. The molecule has 0 radical (unpaired) electrons. The monoisotopic (exact) mass is 318 g/mol. The van der Waals surface area contributed by atoms with Gasteiger partial charge in [0.05, 0.1) is 12.6 Å². The van der Waals surface area contributed by atoms with E-state index in [0.717, 1.165) is 11.1 Å². The lowest BCUT2D eigenvalue weighted by Gasteiger charge is -2.50. The van der Waals surface area contributed by atoms with Crippen molar-refractivity contribution in [2.45, 2.75) is 25.6 Å². The van der Waals surface area contributed by atoms with Crippen LogP contribution in [0.15, 0.2) is 24.8 Å². The van der Waals surface area contributed by atoms with Crippen LogP contribution in [0.4, 0.5) is 0 Å². The highest BCUT2D eigenvalue weighted by Gasteiger charge is 2.55. The number of rotatable bonds is 3. The number of esters is 1. The topological polar surface area (TPSA) is 59.6 Å². The van der Waals surface area contributed by atoms with Crippen LogP contribution in [0.3, 0.4) is 0 Å². The molecule has 1 fully saturated rings. The second kappa shape index (κ2) is 5.28. The molecular weight excluding hydrogens is 300 g/mol. The Kier molecular flexibility index (Phi) is 3.56. The van der Waals surface area contributed by atoms with Gasteiger partial charge in [-0.25, -0.2) is 0 Å². The predicted octanol–water partition coefficient (Wildman–Crippen LogP) is 2.14. The van der Waals surface area contributed by atoms with Crippen LogP contribution in [0, 0.1) is 5.92 Å². The Labute approximate surface area is 134 Å². The quantitative estimate of drug-likeness (QED) is 0.658. The van der Waals surface area contributed by atoms with Crippen LogP contribution in [-0.4, -0.2) is 23.4 Å². The number of benzene rings is 1. The van der Waals surface area contributed by atoms with Gasteiger partial charge in [0.25, 0.3) is 0 Å². The number of nitrogens with one attached hydrogen (secondary N) is 2. The molecule has 2 bridgehead atoms. The minimum absolute atomic E-state index is 0.290. The highest BCUT2D eigenvalue weighted by atomic mass is 32.1. The number of thiocarbonyl (C=S) groups is 1. The van der Waals surface area contributed by atoms with E-state index in [1.807, 2.05) is 25.1 Å². The summed E-state index contributed by atoms with van der Waals surface area (Å²) >= 11 is 5.25. The van der Waals surface area contributed by atoms with Crippen LogP contribution in [0.25, 0.3) is 6.08 Å². The fourth-order valence-corrected chi connectivity index (χ4v) is 3.46. The zero-order valence-corrected chi connectivity index (χ0v) is 13.3. The first-order valence-corrected chi connectivity index (χ1v) is 7.60. The van der Waals surface area contributed by atoms with Crippen LogP contribution in [0.2, 0.25) is 0 Å². The fraction of sp³-hybridized carbons (Fsp3) is 0.375. The molecule has 3 atom stereocenters. The molecule has 22 heavy (non-hydrogen) atoms. The molecule has 6 heteroatoms. The predicted molar refractivity (Wildman–Crippen MR) is 87.3 cm³/mol. The second-order valence-electron chi connectivity index (χ2n) is 5.48. The van der Waals surface area contributed by atoms with Crippen molar-refractivity contribution in [2.24, 2.45) is 5.92 Å². The van der Waals surface area contributed by atoms with Gasteiger partial charge in [-0.1, -0.05) is 30.9 Å². The molecule has 0 amide bonds. The first-order valence-electron chi connectivity index (χ1n) is 7.20. The van der Waals surface area contributed by atoms with Gasteiger partial charge in [0.2, 0.25) is 0 Å². The molecule has 0 unspecified atom stereocenters. The maximum Gasteiger partial charge on any atom is 0.317 e. The van der Waals surface area contributed by atoms with E-state index in [9.17, 15) is 4.79 Å². The summed E-state index contributed by atoms with van der Waals surface area (Å²) in [7, 11) is 0. The maximum atomic E-state index is 12.4. The molecule has 5 nitrogen and oxygen atoms in total. The Morgan fingerprint density at radius 3 is 3.05 bits per heavy atom. The molecule has 3 rings (SSSR count). The first kappa shape index (κ1) is 14.8. The molecule has 2 heterocycles. The molecule has 0 saturated carbocycles. The Bertz CT molecular complexity index is 661. The van der Waals surface area contributed by atoms with E-state index in [1.54, 1.807) is 13.0 Å². The average Bonchev–Trinajstić information content (AvgIpc) is 2.45. The highest BCUT2D eigenvalue weighted by Crippen LogP contribution is 2.46. The van der Waals surface area contributed by atoms with Crippen LogP contribution < -0.4 is 15.4 Å². The van der Waals surface area contributed by atoms with E-state index in [0.29, 0.717) is 17.5 Å². The standard InChI is InChI=1S/C16H18N2O3S/c1-4-9-7-6-8-10-12-11(14(19)20-5-2)16(3,21-13(9)10)18-15(22)17-12/h4,6-8,11-12H,1,5H2,2-3H3,(H2,17,18,22)/t11-,12-,16-/m0/s1. The molecule has 1 aromatic rings. The van der Waals surface area contributed by atoms with Crippen molar-refractivity contribution in [1.29, 1.82) is 0 Å². The number of carbonyl (C=O) groups is 1. The lowest BCUT2D eigenvalue weighted by Crippen LogP contribution is -2.70. The third-order valence-electron chi connectivity index (χ3n) is 4.06. The van der Waals surface area contributed by atoms with E-state index < -0.39 is 11.6 Å². The summed E-state index contributed by atoms with van der Waals surface area (Å²) in [5.74, 6) is -0.132. The third-order valence-corrected chi connectivity index (χ3v) is 4.28. The summed E-state index contributed by atoms with van der Waals surface area (Å²) in [6, 6.07) is 5.48. The number of fused-ring (bicyclic) bond motifs is 4. The largest absolute Gasteiger partial charge is 0.466 e. The lowest BCUT2D eigenvalue weighted by molar-refractivity contribution is -0.162. The average molecular weight is 318 g/mol. The minimum atomic E-state index is -0.953. The molecule has 0 spiro atoms. The number of ether oxygens (including phenoxy) is 2. The van der Waals surface area contributed by atoms with Crippen molar-refractivity contribution in [2.75, 3.05) is 6.61 Å². The molecule has 116 valence electrons. The van der Waals surface area contributed by atoms with Crippen molar-refractivity contribution in [3.8, 4) is 5.75 Å². The molecule has 0 aromatic heterocycles. The summed E-state index contributed by atoms with van der Waals surface area (Å²) in [5, 5.41) is 6.70. The Morgan fingerprint density at radius 1 is 1.59 bits per heavy atom.